The molecule has 0 bridgehead atoms. The van der Waals surface area contributed by atoms with E-state index in [4.69, 9.17) is 5.73 Å². The number of benzene rings is 1. The standard InChI is InChI=1S/C16H22BrN3O2/c1-11-4-3-7-20(10-11)15(21)9-14(19-16(18)22)12-5-2-6-13(17)8-12/h2,5-6,8,11,14H,3-4,7,9-10H2,1H3,(H3,18,19,22)/t11-,14-/m1/s1. The minimum absolute atomic E-state index is 0.0604. The molecule has 1 heterocycles. The van der Waals surface area contributed by atoms with Crippen molar-refractivity contribution >= 4 is 27.9 Å². The Morgan fingerprint density at radius 1 is 1.50 bits per heavy atom. The molecule has 1 aromatic carbocycles. The summed E-state index contributed by atoms with van der Waals surface area (Å²) in [5, 5.41) is 2.68. The van der Waals surface area contributed by atoms with Crippen LogP contribution in [0.5, 0.6) is 0 Å². The molecule has 0 saturated carbocycles. The molecule has 3 amide bonds. The third-order valence-electron chi connectivity index (χ3n) is 3.96. The van der Waals surface area contributed by atoms with Crippen LogP contribution < -0.4 is 11.1 Å². The lowest BCUT2D eigenvalue weighted by atomic mass is 9.98. The first kappa shape index (κ1) is 16.8. The summed E-state index contributed by atoms with van der Waals surface area (Å²) in [6, 6.07) is 6.54. The van der Waals surface area contributed by atoms with E-state index in [9.17, 15) is 9.59 Å². The summed E-state index contributed by atoms with van der Waals surface area (Å²) in [4.78, 5) is 25.7. The van der Waals surface area contributed by atoms with Gasteiger partial charge in [0.1, 0.15) is 0 Å². The Labute approximate surface area is 139 Å². The number of urea groups is 1. The van der Waals surface area contributed by atoms with E-state index in [1.54, 1.807) is 0 Å². The van der Waals surface area contributed by atoms with Crippen molar-refractivity contribution in [1.29, 1.82) is 0 Å². The molecule has 3 N–H and O–H groups in total. The third-order valence-corrected chi connectivity index (χ3v) is 4.45. The number of likely N-dealkylation sites (tertiary alicyclic amines) is 1. The number of amides is 3. The van der Waals surface area contributed by atoms with Gasteiger partial charge in [-0.15, -0.1) is 0 Å². The maximum Gasteiger partial charge on any atom is 0.312 e. The van der Waals surface area contributed by atoms with Crippen molar-refractivity contribution in [3.63, 3.8) is 0 Å². The molecule has 1 aromatic rings. The minimum atomic E-state index is -0.621. The van der Waals surface area contributed by atoms with Gasteiger partial charge < -0.3 is 16.0 Å². The van der Waals surface area contributed by atoms with E-state index in [-0.39, 0.29) is 12.3 Å². The number of carbonyl (C=O) groups excluding carboxylic acids is 2. The van der Waals surface area contributed by atoms with Crippen LogP contribution in [0.25, 0.3) is 0 Å². The van der Waals surface area contributed by atoms with Crippen LogP contribution in [0, 0.1) is 5.92 Å². The average Bonchev–Trinajstić information content (AvgIpc) is 2.46. The van der Waals surface area contributed by atoms with Crippen LogP contribution in [0.4, 0.5) is 4.79 Å². The van der Waals surface area contributed by atoms with Gasteiger partial charge in [-0.05, 0) is 36.5 Å². The molecule has 0 aliphatic carbocycles. The van der Waals surface area contributed by atoms with Gasteiger partial charge in [0.2, 0.25) is 5.91 Å². The lowest BCUT2D eigenvalue weighted by molar-refractivity contribution is -0.133. The molecule has 1 aliphatic rings. The van der Waals surface area contributed by atoms with E-state index in [1.807, 2.05) is 29.2 Å². The molecule has 120 valence electrons. The highest BCUT2D eigenvalue weighted by Crippen LogP contribution is 2.23. The normalized spacial score (nSPS) is 19.5. The number of halogens is 1. The smallest absolute Gasteiger partial charge is 0.312 e. The highest BCUT2D eigenvalue weighted by Gasteiger charge is 2.25. The van der Waals surface area contributed by atoms with E-state index in [0.29, 0.717) is 5.92 Å². The molecule has 22 heavy (non-hydrogen) atoms. The minimum Gasteiger partial charge on any atom is -0.352 e. The van der Waals surface area contributed by atoms with Gasteiger partial charge in [0, 0.05) is 17.6 Å². The van der Waals surface area contributed by atoms with E-state index >= 15 is 0 Å². The lowest BCUT2D eigenvalue weighted by Gasteiger charge is -2.32. The molecule has 1 aliphatic heterocycles. The topological polar surface area (TPSA) is 75.4 Å². The SMILES string of the molecule is C[C@@H]1CCCN(C(=O)C[C@@H](NC(N)=O)c2cccc(Br)c2)C1. The fraction of sp³-hybridized carbons (Fsp3) is 0.500. The summed E-state index contributed by atoms with van der Waals surface area (Å²) in [6.45, 7) is 3.75. The number of nitrogens with two attached hydrogens (primary N) is 1. The van der Waals surface area contributed by atoms with Gasteiger partial charge in [-0.2, -0.15) is 0 Å². The number of nitrogens with zero attached hydrogens (tertiary/aromatic N) is 1. The number of nitrogens with one attached hydrogen (secondary N) is 1. The predicted octanol–water partition coefficient (Wildman–Crippen LogP) is 2.81. The molecule has 0 radical (unpaired) electrons. The van der Waals surface area contributed by atoms with Crippen LogP contribution in [-0.4, -0.2) is 29.9 Å². The molecular formula is C16H22BrN3O2. The first-order valence-corrected chi connectivity index (χ1v) is 8.34. The summed E-state index contributed by atoms with van der Waals surface area (Å²) < 4.78 is 0.903. The second kappa shape index (κ2) is 7.63. The Hall–Kier alpha value is -1.56. The Morgan fingerprint density at radius 2 is 2.27 bits per heavy atom. The van der Waals surface area contributed by atoms with E-state index in [1.165, 1.54) is 6.42 Å². The quantitative estimate of drug-likeness (QED) is 0.858. The van der Waals surface area contributed by atoms with Gasteiger partial charge in [0.15, 0.2) is 0 Å². The number of rotatable bonds is 4. The van der Waals surface area contributed by atoms with Crippen molar-refractivity contribution in [3.8, 4) is 0 Å². The van der Waals surface area contributed by atoms with Crippen LogP contribution in [0.1, 0.15) is 37.8 Å². The van der Waals surface area contributed by atoms with Crippen molar-refractivity contribution in [1.82, 2.24) is 10.2 Å². The maximum absolute atomic E-state index is 12.5. The van der Waals surface area contributed by atoms with Gasteiger partial charge >= 0.3 is 6.03 Å². The van der Waals surface area contributed by atoms with Crippen molar-refractivity contribution in [2.45, 2.75) is 32.2 Å². The first-order valence-electron chi connectivity index (χ1n) is 7.55. The van der Waals surface area contributed by atoms with Crippen LogP contribution in [0.15, 0.2) is 28.7 Å². The van der Waals surface area contributed by atoms with Crippen molar-refractivity contribution in [2.24, 2.45) is 11.7 Å². The monoisotopic (exact) mass is 367 g/mol. The van der Waals surface area contributed by atoms with Crippen LogP contribution in [-0.2, 0) is 4.79 Å². The van der Waals surface area contributed by atoms with Gasteiger partial charge in [0.05, 0.1) is 12.5 Å². The molecular weight excluding hydrogens is 346 g/mol. The molecule has 6 heteroatoms. The molecule has 0 unspecified atom stereocenters. The number of piperidine rings is 1. The van der Waals surface area contributed by atoms with Crippen LogP contribution >= 0.6 is 15.9 Å². The number of carbonyl (C=O) groups is 2. The number of hydrogen-bond acceptors (Lipinski definition) is 2. The molecule has 2 rings (SSSR count). The summed E-state index contributed by atoms with van der Waals surface area (Å²) in [5.41, 5.74) is 6.13. The van der Waals surface area contributed by atoms with E-state index in [2.05, 4.69) is 28.2 Å². The van der Waals surface area contributed by atoms with Crippen molar-refractivity contribution < 1.29 is 9.59 Å². The zero-order valence-corrected chi connectivity index (χ0v) is 14.3. The molecule has 1 saturated heterocycles. The predicted molar refractivity (Wildman–Crippen MR) is 89.2 cm³/mol. The van der Waals surface area contributed by atoms with Crippen molar-refractivity contribution in [3.05, 3.63) is 34.3 Å². The van der Waals surface area contributed by atoms with E-state index in [0.717, 1.165) is 29.5 Å². The summed E-state index contributed by atoms with van der Waals surface area (Å²) in [6.07, 6.45) is 2.43. The fourth-order valence-electron chi connectivity index (χ4n) is 2.87. The first-order chi connectivity index (χ1) is 10.5. The maximum atomic E-state index is 12.5. The highest BCUT2D eigenvalue weighted by molar-refractivity contribution is 9.10. The van der Waals surface area contributed by atoms with Crippen LogP contribution in [0.3, 0.4) is 0 Å². The number of primary amides is 1. The fourth-order valence-corrected chi connectivity index (χ4v) is 3.28. The summed E-state index contributed by atoms with van der Waals surface area (Å²) in [5.74, 6) is 0.594. The van der Waals surface area contributed by atoms with Gasteiger partial charge in [0.25, 0.3) is 0 Å². The second-order valence-electron chi connectivity index (χ2n) is 5.91. The zero-order chi connectivity index (χ0) is 16.1. The third kappa shape index (κ3) is 4.73. The Bertz CT molecular complexity index is 550. The molecule has 0 spiro atoms. The Kier molecular flexibility index (Phi) is 5.83. The number of hydrogen-bond donors (Lipinski definition) is 2. The van der Waals surface area contributed by atoms with Gasteiger partial charge in [-0.3, -0.25) is 4.79 Å². The zero-order valence-electron chi connectivity index (χ0n) is 12.7. The van der Waals surface area contributed by atoms with Gasteiger partial charge in [-0.25, -0.2) is 4.79 Å². The lowest BCUT2D eigenvalue weighted by Crippen LogP contribution is -2.42. The van der Waals surface area contributed by atoms with Crippen molar-refractivity contribution in [2.75, 3.05) is 13.1 Å². The average molecular weight is 368 g/mol. The molecule has 2 atom stereocenters. The molecule has 0 aromatic heterocycles. The van der Waals surface area contributed by atoms with Gasteiger partial charge in [-0.1, -0.05) is 35.0 Å². The molecule has 5 nitrogen and oxygen atoms in total. The molecule has 1 fully saturated rings. The Morgan fingerprint density at radius 3 is 2.91 bits per heavy atom. The highest BCUT2D eigenvalue weighted by atomic mass is 79.9. The summed E-state index contributed by atoms with van der Waals surface area (Å²) >= 11 is 3.41. The Balaban J connectivity index is 2.09. The van der Waals surface area contributed by atoms with Crippen LogP contribution in [0.2, 0.25) is 0 Å². The second-order valence-corrected chi connectivity index (χ2v) is 6.82. The summed E-state index contributed by atoms with van der Waals surface area (Å²) in [7, 11) is 0. The van der Waals surface area contributed by atoms with E-state index < -0.39 is 12.1 Å². The largest absolute Gasteiger partial charge is 0.352 e.